The van der Waals surface area contributed by atoms with Crippen LogP contribution in [0.5, 0.6) is 5.75 Å². The molecule has 1 N–H and O–H groups in total. The first-order valence-electron chi connectivity index (χ1n) is 7.17. The van der Waals surface area contributed by atoms with Crippen LogP contribution in [0.15, 0.2) is 18.2 Å². The molecule has 20 heavy (non-hydrogen) atoms. The molecule has 1 fully saturated rings. The number of hydrogen-bond acceptors (Lipinski definition) is 3. The van der Waals surface area contributed by atoms with Crippen LogP contribution < -0.4 is 4.74 Å². The summed E-state index contributed by atoms with van der Waals surface area (Å²) in [6.45, 7) is 6.83. The number of nitrogens with zero attached hydrogens (tertiary/aromatic N) is 1. The molecule has 0 unspecified atom stereocenters. The van der Waals surface area contributed by atoms with Crippen molar-refractivity contribution >= 4 is 5.97 Å². The fourth-order valence-electron chi connectivity index (χ4n) is 3.23. The Morgan fingerprint density at radius 2 is 2.20 bits per heavy atom. The Morgan fingerprint density at radius 3 is 2.90 bits per heavy atom. The van der Waals surface area contributed by atoms with E-state index in [2.05, 4.69) is 36.9 Å². The van der Waals surface area contributed by atoms with Crippen LogP contribution in [-0.4, -0.2) is 34.7 Å². The van der Waals surface area contributed by atoms with E-state index in [1.165, 1.54) is 11.1 Å². The van der Waals surface area contributed by atoms with E-state index in [-0.39, 0.29) is 12.0 Å². The summed E-state index contributed by atoms with van der Waals surface area (Å²) in [6, 6.07) is 6.34. The number of carbonyl (C=O) groups is 1. The smallest absolute Gasteiger partial charge is 0.303 e. The van der Waals surface area contributed by atoms with E-state index < -0.39 is 5.97 Å². The lowest BCUT2D eigenvalue weighted by molar-refractivity contribution is -0.139. The van der Waals surface area contributed by atoms with Crippen molar-refractivity contribution in [3.05, 3.63) is 29.3 Å². The van der Waals surface area contributed by atoms with E-state index in [0.717, 1.165) is 31.8 Å². The number of benzene rings is 1. The highest BCUT2D eigenvalue weighted by molar-refractivity contribution is 5.67. The lowest BCUT2D eigenvalue weighted by Crippen LogP contribution is -2.46. The number of ether oxygens (including phenoxy) is 1. The van der Waals surface area contributed by atoms with Gasteiger partial charge in [0.1, 0.15) is 11.4 Å². The van der Waals surface area contributed by atoms with Crippen molar-refractivity contribution in [3.63, 3.8) is 0 Å². The zero-order valence-electron chi connectivity index (χ0n) is 12.1. The average molecular weight is 275 g/mol. The SMILES string of the molecule is CC1(C)Cc2cccc(CN3CC(CC(=O)O)C3)c2O1. The van der Waals surface area contributed by atoms with Crippen LogP contribution in [0.25, 0.3) is 0 Å². The van der Waals surface area contributed by atoms with Crippen LogP contribution in [0.2, 0.25) is 0 Å². The van der Waals surface area contributed by atoms with Gasteiger partial charge in [-0.3, -0.25) is 9.69 Å². The Labute approximate surface area is 119 Å². The van der Waals surface area contributed by atoms with Crippen LogP contribution in [0.3, 0.4) is 0 Å². The lowest BCUT2D eigenvalue weighted by Gasteiger charge is -2.38. The van der Waals surface area contributed by atoms with Crippen LogP contribution in [0.1, 0.15) is 31.4 Å². The van der Waals surface area contributed by atoms with E-state index in [1.807, 2.05) is 0 Å². The van der Waals surface area contributed by atoms with E-state index >= 15 is 0 Å². The van der Waals surface area contributed by atoms with Gasteiger partial charge in [0, 0.05) is 31.6 Å². The molecule has 0 aliphatic carbocycles. The first-order valence-corrected chi connectivity index (χ1v) is 7.17. The Bertz CT molecular complexity index is 533. The number of carboxylic acids is 1. The van der Waals surface area contributed by atoms with Crippen molar-refractivity contribution < 1.29 is 14.6 Å². The maximum Gasteiger partial charge on any atom is 0.303 e. The van der Waals surface area contributed by atoms with Crippen molar-refractivity contribution in [2.45, 2.75) is 38.8 Å². The molecule has 4 nitrogen and oxygen atoms in total. The Hall–Kier alpha value is -1.55. The molecule has 3 rings (SSSR count). The number of aliphatic carboxylic acids is 1. The summed E-state index contributed by atoms with van der Waals surface area (Å²) in [7, 11) is 0. The average Bonchev–Trinajstić information content (AvgIpc) is 2.60. The molecule has 108 valence electrons. The number of rotatable bonds is 4. The minimum atomic E-state index is -0.694. The molecular formula is C16H21NO3. The molecule has 0 saturated carbocycles. The molecule has 1 aromatic rings. The minimum absolute atomic E-state index is 0.112. The first-order chi connectivity index (χ1) is 9.43. The number of para-hydroxylation sites is 1. The summed E-state index contributed by atoms with van der Waals surface area (Å²) < 4.78 is 6.07. The van der Waals surface area contributed by atoms with Crippen LogP contribution in [-0.2, 0) is 17.8 Å². The molecule has 4 heteroatoms. The van der Waals surface area contributed by atoms with Gasteiger partial charge in [-0.05, 0) is 25.3 Å². The minimum Gasteiger partial charge on any atom is -0.487 e. The number of fused-ring (bicyclic) bond motifs is 1. The summed E-state index contributed by atoms with van der Waals surface area (Å²) in [5.41, 5.74) is 2.40. The third-order valence-electron chi connectivity index (χ3n) is 4.06. The molecule has 0 bridgehead atoms. The van der Waals surface area contributed by atoms with Gasteiger partial charge in [-0.1, -0.05) is 18.2 Å². The standard InChI is InChI=1S/C16H21NO3/c1-16(2)7-12-4-3-5-13(15(12)20-16)10-17-8-11(9-17)6-14(18)19/h3-5,11H,6-10H2,1-2H3,(H,18,19). The van der Waals surface area contributed by atoms with Gasteiger partial charge in [0.2, 0.25) is 0 Å². The summed E-state index contributed by atoms with van der Waals surface area (Å²) in [4.78, 5) is 12.9. The van der Waals surface area contributed by atoms with E-state index in [4.69, 9.17) is 9.84 Å². The molecule has 2 aliphatic heterocycles. The predicted molar refractivity (Wildman–Crippen MR) is 75.9 cm³/mol. The van der Waals surface area contributed by atoms with Gasteiger partial charge in [0.05, 0.1) is 6.42 Å². The molecule has 0 amide bonds. The van der Waals surface area contributed by atoms with Gasteiger partial charge in [0.25, 0.3) is 0 Å². The van der Waals surface area contributed by atoms with Gasteiger partial charge in [-0.15, -0.1) is 0 Å². The number of hydrogen-bond donors (Lipinski definition) is 1. The summed E-state index contributed by atoms with van der Waals surface area (Å²) >= 11 is 0. The second-order valence-corrected chi connectivity index (χ2v) is 6.60. The quantitative estimate of drug-likeness (QED) is 0.916. The summed E-state index contributed by atoms with van der Waals surface area (Å²) in [5, 5.41) is 8.77. The third-order valence-corrected chi connectivity index (χ3v) is 4.06. The topological polar surface area (TPSA) is 49.8 Å². The highest BCUT2D eigenvalue weighted by Gasteiger charge is 2.33. The highest BCUT2D eigenvalue weighted by Crippen LogP contribution is 2.38. The van der Waals surface area contributed by atoms with Crippen molar-refractivity contribution in [1.82, 2.24) is 4.90 Å². The van der Waals surface area contributed by atoms with Gasteiger partial charge in [0.15, 0.2) is 0 Å². The second kappa shape index (κ2) is 4.77. The Balaban J connectivity index is 1.64. The molecule has 0 aromatic heterocycles. The van der Waals surface area contributed by atoms with Gasteiger partial charge >= 0.3 is 5.97 Å². The molecule has 0 atom stereocenters. The molecule has 2 heterocycles. The molecule has 0 spiro atoms. The van der Waals surface area contributed by atoms with E-state index in [9.17, 15) is 4.79 Å². The molecule has 1 aromatic carbocycles. The van der Waals surface area contributed by atoms with E-state index in [0.29, 0.717) is 5.92 Å². The summed E-state index contributed by atoms with van der Waals surface area (Å²) in [6.07, 6.45) is 1.24. The van der Waals surface area contributed by atoms with Crippen molar-refractivity contribution in [3.8, 4) is 5.75 Å². The number of likely N-dealkylation sites (tertiary alicyclic amines) is 1. The Kier molecular flexibility index (Phi) is 3.21. The van der Waals surface area contributed by atoms with Gasteiger partial charge in [-0.25, -0.2) is 0 Å². The summed E-state index contributed by atoms with van der Waals surface area (Å²) in [5.74, 6) is 0.654. The molecule has 1 saturated heterocycles. The van der Waals surface area contributed by atoms with Crippen molar-refractivity contribution in [2.75, 3.05) is 13.1 Å². The zero-order chi connectivity index (χ0) is 14.3. The number of carboxylic acid groups (broad SMARTS) is 1. The maximum absolute atomic E-state index is 10.7. The fourth-order valence-corrected chi connectivity index (χ4v) is 3.23. The van der Waals surface area contributed by atoms with Crippen molar-refractivity contribution in [2.24, 2.45) is 5.92 Å². The lowest BCUT2D eigenvalue weighted by atomic mass is 9.95. The van der Waals surface area contributed by atoms with Gasteiger partial charge < -0.3 is 9.84 Å². The molecule has 0 radical (unpaired) electrons. The maximum atomic E-state index is 10.7. The van der Waals surface area contributed by atoms with Crippen LogP contribution in [0.4, 0.5) is 0 Å². The highest BCUT2D eigenvalue weighted by atomic mass is 16.5. The zero-order valence-corrected chi connectivity index (χ0v) is 12.1. The predicted octanol–water partition coefficient (Wildman–Crippen LogP) is 2.31. The largest absolute Gasteiger partial charge is 0.487 e. The fraction of sp³-hybridized carbons (Fsp3) is 0.562. The first kappa shape index (κ1) is 13.4. The van der Waals surface area contributed by atoms with Crippen LogP contribution >= 0.6 is 0 Å². The third kappa shape index (κ3) is 2.66. The monoisotopic (exact) mass is 275 g/mol. The van der Waals surface area contributed by atoms with Gasteiger partial charge in [-0.2, -0.15) is 0 Å². The van der Waals surface area contributed by atoms with Crippen LogP contribution in [0, 0.1) is 5.92 Å². The van der Waals surface area contributed by atoms with E-state index in [1.54, 1.807) is 0 Å². The molecular weight excluding hydrogens is 254 g/mol. The normalized spacial score (nSPS) is 21.1. The molecule has 2 aliphatic rings. The Morgan fingerprint density at radius 1 is 1.45 bits per heavy atom. The van der Waals surface area contributed by atoms with Crippen molar-refractivity contribution in [1.29, 1.82) is 0 Å². The second-order valence-electron chi connectivity index (χ2n) is 6.60.